The van der Waals surface area contributed by atoms with E-state index < -0.39 is 0 Å². The topological polar surface area (TPSA) is 29.3 Å². The summed E-state index contributed by atoms with van der Waals surface area (Å²) in [6, 6.07) is 9.48. The third kappa shape index (κ3) is 1.90. The summed E-state index contributed by atoms with van der Waals surface area (Å²) < 4.78 is 0. The summed E-state index contributed by atoms with van der Waals surface area (Å²) in [7, 11) is 0. The van der Waals surface area contributed by atoms with Crippen molar-refractivity contribution < 1.29 is 0 Å². The van der Waals surface area contributed by atoms with E-state index in [1.165, 1.54) is 25.9 Å². The number of rotatable bonds is 3. The fourth-order valence-corrected chi connectivity index (χ4v) is 3.50. The van der Waals surface area contributed by atoms with Gasteiger partial charge in [-0.1, -0.05) is 31.2 Å². The molecule has 0 bridgehead atoms. The van der Waals surface area contributed by atoms with Gasteiger partial charge in [0.2, 0.25) is 0 Å². The average Bonchev–Trinajstić information content (AvgIpc) is 2.67. The first kappa shape index (κ1) is 11.2. The smallest absolute Gasteiger partial charge is 0.0244 e. The van der Waals surface area contributed by atoms with Gasteiger partial charge in [0.15, 0.2) is 0 Å². The van der Waals surface area contributed by atoms with E-state index in [-0.39, 0.29) is 0 Å². The number of likely N-dealkylation sites (tertiary alicyclic amines) is 1. The Morgan fingerprint density at radius 3 is 2.94 bits per heavy atom. The van der Waals surface area contributed by atoms with Crippen molar-refractivity contribution in [1.29, 1.82) is 0 Å². The molecule has 1 aliphatic heterocycles. The lowest BCUT2D eigenvalue weighted by molar-refractivity contribution is 0.216. The van der Waals surface area contributed by atoms with Crippen molar-refractivity contribution in [2.45, 2.75) is 31.7 Å². The van der Waals surface area contributed by atoms with E-state index in [0.717, 1.165) is 18.4 Å². The third-order valence-corrected chi connectivity index (χ3v) is 4.66. The van der Waals surface area contributed by atoms with Crippen LogP contribution in [0, 0.1) is 5.92 Å². The van der Waals surface area contributed by atoms with Gasteiger partial charge in [0, 0.05) is 25.0 Å². The molecule has 3 atom stereocenters. The summed E-state index contributed by atoms with van der Waals surface area (Å²) in [5.41, 5.74) is 9.02. The molecule has 1 aliphatic carbocycles. The van der Waals surface area contributed by atoms with Crippen LogP contribution in [0.25, 0.3) is 0 Å². The van der Waals surface area contributed by atoms with Gasteiger partial charge in [-0.05, 0) is 36.4 Å². The first-order valence-corrected chi connectivity index (χ1v) is 6.81. The molecule has 1 aromatic rings. The molecule has 3 rings (SSSR count). The van der Waals surface area contributed by atoms with Crippen LogP contribution in [0.3, 0.4) is 0 Å². The van der Waals surface area contributed by atoms with Crippen LogP contribution in [0.4, 0.5) is 0 Å². The fourth-order valence-electron chi connectivity index (χ4n) is 3.50. The maximum Gasteiger partial charge on any atom is 0.0244 e. The number of nitrogens with zero attached hydrogens (tertiary/aromatic N) is 1. The van der Waals surface area contributed by atoms with Crippen molar-refractivity contribution in [3.05, 3.63) is 35.4 Å². The minimum Gasteiger partial charge on any atom is -0.329 e. The van der Waals surface area contributed by atoms with Crippen LogP contribution in [0.2, 0.25) is 0 Å². The Morgan fingerprint density at radius 2 is 2.18 bits per heavy atom. The van der Waals surface area contributed by atoms with Crippen molar-refractivity contribution in [1.82, 2.24) is 4.90 Å². The van der Waals surface area contributed by atoms with Crippen molar-refractivity contribution in [2.75, 3.05) is 19.6 Å². The van der Waals surface area contributed by atoms with E-state index >= 15 is 0 Å². The highest BCUT2D eigenvalue weighted by Crippen LogP contribution is 2.37. The SMILES string of the molecule is CC1CCN(CC2Cc3ccccc32)C1CN. The molecule has 0 radical (unpaired) electrons. The molecule has 3 unspecified atom stereocenters. The molecule has 92 valence electrons. The quantitative estimate of drug-likeness (QED) is 0.860. The highest BCUT2D eigenvalue weighted by atomic mass is 15.2. The maximum absolute atomic E-state index is 5.90. The third-order valence-electron chi connectivity index (χ3n) is 4.66. The molecule has 1 saturated heterocycles. The molecule has 0 spiro atoms. The molecule has 17 heavy (non-hydrogen) atoms. The summed E-state index contributed by atoms with van der Waals surface area (Å²) in [5, 5.41) is 0. The molecule has 2 heteroatoms. The second kappa shape index (κ2) is 4.43. The molecule has 0 saturated carbocycles. The lowest BCUT2D eigenvalue weighted by Gasteiger charge is -2.36. The summed E-state index contributed by atoms with van der Waals surface area (Å²) in [4.78, 5) is 2.62. The van der Waals surface area contributed by atoms with Gasteiger partial charge < -0.3 is 5.73 Å². The Balaban J connectivity index is 1.66. The number of nitrogens with two attached hydrogens (primary N) is 1. The van der Waals surface area contributed by atoms with E-state index in [1.54, 1.807) is 11.1 Å². The summed E-state index contributed by atoms with van der Waals surface area (Å²) in [6.45, 7) is 5.60. The minimum absolute atomic E-state index is 0.614. The zero-order chi connectivity index (χ0) is 11.8. The molecule has 0 amide bonds. The highest BCUT2D eigenvalue weighted by molar-refractivity contribution is 5.40. The van der Waals surface area contributed by atoms with Crippen LogP contribution in [-0.2, 0) is 6.42 Å². The van der Waals surface area contributed by atoms with Crippen molar-refractivity contribution in [3.8, 4) is 0 Å². The van der Waals surface area contributed by atoms with Crippen molar-refractivity contribution in [2.24, 2.45) is 11.7 Å². The van der Waals surface area contributed by atoms with E-state index in [2.05, 4.69) is 36.1 Å². The van der Waals surface area contributed by atoms with Gasteiger partial charge >= 0.3 is 0 Å². The van der Waals surface area contributed by atoms with Crippen LogP contribution >= 0.6 is 0 Å². The largest absolute Gasteiger partial charge is 0.329 e. The number of hydrogen-bond donors (Lipinski definition) is 1. The van der Waals surface area contributed by atoms with Crippen molar-refractivity contribution >= 4 is 0 Å². The van der Waals surface area contributed by atoms with Gasteiger partial charge in [-0.15, -0.1) is 0 Å². The van der Waals surface area contributed by atoms with Crippen molar-refractivity contribution in [3.63, 3.8) is 0 Å². The van der Waals surface area contributed by atoms with Gasteiger partial charge in [0.25, 0.3) is 0 Å². The molecule has 1 heterocycles. The predicted octanol–water partition coefficient (Wildman–Crippen LogP) is 2.00. The molecule has 0 aromatic heterocycles. The van der Waals surface area contributed by atoms with Gasteiger partial charge in [0.1, 0.15) is 0 Å². The molecule has 2 nitrogen and oxygen atoms in total. The van der Waals surface area contributed by atoms with Gasteiger partial charge in [-0.3, -0.25) is 4.90 Å². The maximum atomic E-state index is 5.90. The monoisotopic (exact) mass is 230 g/mol. The normalized spacial score (nSPS) is 32.2. The van der Waals surface area contributed by atoms with Gasteiger partial charge in [-0.25, -0.2) is 0 Å². The Bertz CT molecular complexity index is 402. The minimum atomic E-state index is 0.614. The molecular weight excluding hydrogens is 208 g/mol. The number of benzene rings is 1. The molecule has 2 aliphatic rings. The van der Waals surface area contributed by atoms with E-state index in [1.807, 2.05) is 0 Å². The molecular formula is C15H22N2. The molecule has 1 aromatic carbocycles. The zero-order valence-corrected chi connectivity index (χ0v) is 10.6. The lowest BCUT2D eigenvalue weighted by Crippen LogP contribution is -2.42. The Hall–Kier alpha value is -0.860. The van der Waals surface area contributed by atoms with Crippen LogP contribution in [-0.4, -0.2) is 30.6 Å². The molecule has 1 fully saturated rings. The van der Waals surface area contributed by atoms with E-state index in [4.69, 9.17) is 5.73 Å². The average molecular weight is 230 g/mol. The van der Waals surface area contributed by atoms with Gasteiger partial charge in [-0.2, -0.15) is 0 Å². The van der Waals surface area contributed by atoms with Crippen LogP contribution in [0.5, 0.6) is 0 Å². The highest BCUT2D eigenvalue weighted by Gasteiger charge is 2.34. The van der Waals surface area contributed by atoms with Gasteiger partial charge in [0.05, 0.1) is 0 Å². The predicted molar refractivity (Wildman–Crippen MR) is 71.1 cm³/mol. The Morgan fingerprint density at radius 1 is 1.35 bits per heavy atom. The summed E-state index contributed by atoms with van der Waals surface area (Å²) in [6.07, 6.45) is 2.58. The second-order valence-corrected chi connectivity index (χ2v) is 5.66. The van der Waals surface area contributed by atoms with E-state index in [0.29, 0.717) is 6.04 Å². The standard InChI is InChI=1S/C15H22N2/c1-11-6-7-17(15(11)9-16)10-13-8-12-4-2-3-5-14(12)13/h2-5,11,13,15H,6-10,16H2,1H3. The summed E-state index contributed by atoms with van der Waals surface area (Å²) >= 11 is 0. The lowest BCUT2D eigenvalue weighted by atomic mass is 9.77. The first-order chi connectivity index (χ1) is 8.29. The number of hydrogen-bond acceptors (Lipinski definition) is 2. The van der Waals surface area contributed by atoms with Crippen LogP contribution in [0.15, 0.2) is 24.3 Å². The zero-order valence-electron chi connectivity index (χ0n) is 10.6. The first-order valence-electron chi connectivity index (χ1n) is 6.81. The van der Waals surface area contributed by atoms with Crippen LogP contribution in [0.1, 0.15) is 30.4 Å². The number of fused-ring (bicyclic) bond motifs is 1. The Kier molecular flexibility index (Phi) is 2.93. The van der Waals surface area contributed by atoms with E-state index in [9.17, 15) is 0 Å². The second-order valence-electron chi connectivity index (χ2n) is 5.66. The molecule has 2 N–H and O–H groups in total. The Labute approximate surface area is 104 Å². The summed E-state index contributed by atoms with van der Waals surface area (Å²) in [5.74, 6) is 1.53. The fraction of sp³-hybridized carbons (Fsp3) is 0.600. The van der Waals surface area contributed by atoms with Crippen LogP contribution < -0.4 is 5.73 Å².